The predicted molar refractivity (Wildman–Crippen MR) is 121 cm³/mol. The second-order valence-corrected chi connectivity index (χ2v) is 9.19. The van der Waals surface area contributed by atoms with Gasteiger partial charge in [0.05, 0.1) is 0 Å². The number of nitrogens with zero attached hydrogens (tertiary/aromatic N) is 1. The average molecular weight is 456 g/mol. The van der Waals surface area contributed by atoms with Crippen LogP contribution >= 0.6 is 0 Å². The van der Waals surface area contributed by atoms with Crippen LogP contribution in [0.1, 0.15) is 41.8 Å². The highest BCUT2D eigenvalue weighted by atomic mass is 32.2. The first-order chi connectivity index (χ1) is 15.2. The zero-order chi connectivity index (χ0) is 23.3. The SMILES string of the molecule is CCC(C)N(Cc1ccc(OS(=O)(=O)c2ccc(F)cc2)cc1)C(=O)c1ccccc1C. The third-order valence-corrected chi connectivity index (χ3v) is 6.61. The Morgan fingerprint density at radius 3 is 2.22 bits per heavy atom. The number of carbonyl (C=O) groups excluding carboxylic acids is 1. The van der Waals surface area contributed by atoms with Gasteiger partial charge in [-0.25, -0.2) is 4.39 Å². The summed E-state index contributed by atoms with van der Waals surface area (Å²) in [5, 5.41) is 0. The summed E-state index contributed by atoms with van der Waals surface area (Å²) in [7, 11) is -4.07. The van der Waals surface area contributed by atoms with Gasteiger partial charge in [0.1, 0.15) is 16.5 Å². The maximum atomic E-state index is 13.2. The number of benzene rings is 3. The Labute approximate surface area is 188 Å². The molecule has 1 atom stereocenters. The summed E-state index contributed by atoms with van der Waals surface area (Å²) in [6, 6.07) is 18.5. The van der Waals surface area contributed by atoms with Crippen molar-refractivity contribution in [2.75, 3.05) is 0 Å². The summed E-state index contributed by atoms with van der Waals surface area (Å²) in [5.41, 5.74) is 2.43. The van der Waals surface area contributed by atoms with Gasteiger partial charge < -0.3 is 9.08 Å². The zero-order valence-electron chi connectivity index (χ0n) is 18.3. The van der Waals surface area contributed by atoms with E-state index in [1.165, 1.54) is 0 Å². The standard InChI is InChI=1S/C25H26FNO4S/c1-4-19(3)27(25(28)24-8-6-5-7-18(24)2)17-20-9-13-22(14-10-20)31-32(29,30)23-15-11-21(26)12-16-23/h5-16,19H,4,17H2,1-3H3. The van der Waals surface area contributed by atoms with Crippen molar-refractivity contribution in [2.24, 2.45) is 0 Å². The fourth-order valence-electron chi connectivity index (χ4n) is 3.24. The van der Waals surface area contributed by atoms with Gasteiger partial charge in [0.15, 0.2) is 0 Å². The minimum absolute atomic E-state index is 0.0249. The predicted octanol–water partition coefficient (Wildman–Crippen LogP) is 5.34. The molecule has 1 amide bonds. The van der Waals surface area contributed by atoms with E-state index in [9.17, 15) is 17.6 Å². The van der Waals surface area contributed by atoms with E-state index in [1.807, 2.05) is 49.9 Å². The summed E-state index contributed by atoms with van der Waals surface area (Å²) in [5.74, 6) is -0.436. The number of halogens is 1. The van der Waals surface area contributed by atoms with Gasteiger partial charge in [-0.15, -0.1) is 0 Å². The van der Waals surface area contributed by atoms with Gasteiger partial charge >= 0.3 is 10.1 Å². The first-order valence-corrected chi connectivity index (χ1v) is 11.8. The molecule has 0 aromatic heterocycles. The second-order valence-electron chi connectivity index (χ2n) is 7.64. The average Bonchev–Trinajstić information content (AvgIpc) is 2.78. The minimum atomic E-state index is -4.07. The van der Waals surface area contributed by atoms with Crippen molar-refractivity contribution in [1.29, 1.82) is 0 Å². The largest absolute Gasteiger partial charge is 0.379 e. The summed E-state index contributed by atoms with van der Waals surface area (Å²) >= 11 is 0. The quantitative estimate of drug-likeness (QED) is 0.430. The van der Waals surface area contributed by atoms with Crippen molar-refractivity contribution in [3.8, 4) is 5.75 Å². The normalized spacial score (nSPS) is 12.2. The van der Waals surface area contributed by atoms with Crippen LogP contribution in [0.2, 0.25) is 0 Å². The molecule has 0 saturated heterocycles. The maximum Gasteiger partial charge on any atom is 0.339 e. The van der Waals surface area contributed by atoms with Crippen molar-refractivity contribution in [1.82, 2.24) is 4.90 Å². The molecule has 5 nitrogen and oxygen atoms in total. The Hall–Kier alpha value is -3.19. The summed E-state index contributed by atoms with van der Waals surface area (Å²) < 4.78 is 43.0. The number of carbonyl (C=O) groups is 1. The molecule has 0 spiro atoms. The molecule has 1 unspecified atom stereocenters. The van der Waals surface area contributed by atoms with E-state index in [0.717, 1.165) is 41.8 Å². The molecule has 3 aromatic carbocycles. The molecular formula is C25H26FNO4S. The van der Waals surface area contributed by atoms with E-state index < -0.39 is 15.9 Å². The zero-order valence-corrected chi connectivity index (χ0v) is 19.1. The Bertz CT molecular complexity index is 1180. The fraction of sp³-hybridized carbons (Fsp3) is 0.240. The number of amides is 1. The molecule has 7 heteroatoms. The monoisotopic (exact) mass is 455 g/mol. The lowest BCUT2D eigenvalue weighted by Gasteiger charge is -2.29. The Morgan fingerprint density at radius 2 is 1.62 bits per heavy atom. The third kappa shape index (κ3) is 5.53. The number of hydrogen-bond acceptors (Lipinski definition) is 4. The smallest absolute Gasteiger partial charge is 0.339 e. The summed E-state index contributed by atoms with van der Waals surface area (Å²) in [6.45, 7) is 6.33. The van der Waals surface area contributed by atoms with Gasteiger partial charge in [-0.1, -0.05) is 37.3 Å². The van der Waals surface area contributed by atoms with Crippen LogP contribution in [0.5, 0.6) is 5.75 Å². The van der Waals surface area contributed by atoms with Gasteiger partial charge in [0.25, 0.3) is 5.91 Å². The molecular weight excluding hydrogens is 429 g/mol. The molecule has 0 saturated carbocycles. The second kappa shape index (κ2) is 9.96. The van der Waals surface area contributed by atoms with E-state index in [2.05, 4.69) is 0 Å². The van der Waals surface area contributed by atoms with Gasteiger partial charge in [-0.3, -0.25) is 4.79 Å². The first kappa shape index (κ1) is 23.5. The van der Waals surface area contributed by atoms with Gasteiger partial charge in [0, 0.05) is 18.2 Å². The molecule has 32 heavy (non-hydrogen) atoms. The summed E-state index contributed by atoms with van der Waals surface area (Å²) in [4.78, 5) is 14.9. The summed E-state index contributed by atoms with van der Waals surface area (Å²) in [6.07, 6.45) is 0.800. The third-order valence-electron chi connectivity index (χ3n) is 5.34. The van der Waals surface area contributed by atoms with Gasteiger partial charge in [0.2, 0.25) is 0 Å². The van der Waals surface area contributed by atoms with E-state index in [1.54, 1.807) is 24.3 Å². The van der Waals surface area contributed by atoms with Crippen LogP contribution in [0.3, 0.4) is 0 Å². The Morgan fingerprint density at radius 1 is 1.00 bits per heavy atom. The van der Waals surface area contributed by atoms with Crippen LogP contribution in [-0.4, -0.2) is 25.3 Å². The molecule has 3 rings (SSSR count). The number of hydrogen-bond donors (Lipinski definition) is 0. The minimum Gasteiger partial charge on any atom is -0.379 e. The highest BCUT2D eigenvalue weighted by Gasteiger charge is 2.22. The van der Waals surface area contributed by atoms with E-state index >= 15 is 0 Å². The maximum absolute atomic E-state index is 13.2. The molecule has 3 aromatic rings. The van der Waals surface area contributed by atoms with E-state index in [4.69, 9.17) is 4.18 Å². The molecule has 0 bridgehead atoms. The van der Waals surface area contributed by atoms with Crippen LogP contribution in [0.4, 0.5) is 4.39 Å². The Kier molecular flexibility index (Phi) is 7.30. The first-order valence-electron chi connectivity index (χ1n) is 10.4. The molecule has 0 aliphatic carbocycles. The molecule has 0 aliphatic rings. The van der Waals surface area contributed by atoms with E-state index in [0.29, 0.717) is 12.1 Å². The van der Waals surface area contributed by atoms with Crippen LogP contribution in [0, 0.1) is 12.7 Å². The molecule has 0 fully saturated rings. The topological polar surface area (TPSA) is 63.7 Å². The van der Waals surface area contributed by atoms with Gasteiger partial charge in [-0.05, 0) is 73.9 Å². The lowest BCUT2D eigenvalue weighted by molar-refractivity contribution is 0.0671. The van der Waals surface area contributed by atoms with Crippen LogP contribution in [0.25, 0.3) is 0 Å². The van der Waals surface area contributed by atoms with Crippen LogP contribution < -0.4 is 4.18 Å². The van der Waals surface area contributed by atoms with Crippen LogP contribution in [-0.2, 0) is 16.7 Å². The lowest BCUT2D eigenvalue weighted by Crippen LogP contribution is -2.38. The van der Waals surface area contributed by atoms with E-state index in [-0.39, 0.29) is 22.6 Å². The highest BCUT2D eigenvalue weighted by Crippen LogP contribution is 2.22. The lowest BCUT2D eigenvalue weighted by atomic mass is 10.1. The van der Waals surface area contributed by atoms with Crippen LogP contribution in [0.15, 0.2) is 77.7 Å². The highest BCUT2D eigenvalue weighted by molar-refractivity contribution is 7.87. The number of aryl methyl sites for hydroxylation is 1. The molecule has 168 valence electrons. The van der Waals surface area contributed by atoms with Gasteiger partial charge in [-0.2, -0.15) is 8.42 Å². The molecule has 0 N–H and O–H groups in total. The van der Waals surface area contributed by atoms with Crippen molar-refractivity contribution < 1.29 is 21.8 Å². The Balaban J connectivity index is 1.77. The number of rotatable bonds is 8. The molecule has 0 heterocycles. The van der Waals surface area contributed by atoms with Crippen molar-refractivity contribution in [2.45, 2.75) is 44.7 Å². The molecule has 0 aliphatic heterocycles. The van der Waals surface area contributed by atoms with Crippen molar-refractivity contribution in [3.05, 3.63) is 95.3 Å². The molecule has 0 radical (unpaired) electrons. The van der Waals surface area contributed by atoms with Crippen molar-refractivity contribution >= 4 is 16.0 Å². The van der Waals surface area contributed by atoms with Crippen molar-refractivity contribution in [3.63, 3.8) is 0 Å². The fourth-order valence-corrected chi connectivity index (χ4v) is 4.17.